The van der Waals surface area contributed by atoms with E-state index in [1.807, 2.05) is 0 Å². The van der Waals surface area contributed by atoms with Crippen LogP contribution in [0, 0.1) is 12.7 Å². The average molecular weight is 379 g/mol. The Bertz CT molecular complexity index is 1110. The van der Waals surface area contributed by atoms with E-state index in [0.717, 1.165) is 5.56 Å². The average Bonchev–Trinajstić information content (AvgIpc) is 3.29. The zero-order chi connectivity index (χ0) is 19.5. The van der Waals surface area contributed by atoms with Crippen LogP contribution in [0.3, 0.4) is 0 Å². The number of nitrogens with one attached hydrogen (secondary N) is 1. The van der Waals surface area contributed by atoms with Crippen LogP contribution in [-0.4, -0.2) is 26.2 Å². The molecule has 0 radical (unpaired) electrons. The standard InChI is InChI=1S/C19H14FN5O3/c1-11-9-27-24-15(11)8-16(26)23-19-17(14-6-7-21-10-22-14)18(25-28-19)12-2-4-13(20)5-3-12/h2-7,9-10H,8H2,1H3,(H,23,26). The molecule has 0 aliphatic heterocycles. The number of benzene rings is 1. The Hall–Kier alpha value is -3.88. The highest BCUT2D eigenvalue weighted by Crippen LogP contribution is 2.36. The lowest BCUT2D eigenvalue weighted by molar-refractivity contribution is -0.115. The van der Waals surface area contributed by atoms with E-state index in [-0.39, 0.29) is 24.0 Å². The molecule has 4 rings (SSSR count). The first-order chi connectivity index (χ1) is 13.6. The molecule has 0 aliphatic carbocycles. The summed E-state index contributed by atoms with van der Waals surface area (Å²) in [7, 11) is 0. The van der Waals surface area contributed by atoms with E-state index in [2.05, 4.69) is 25.6 Å². The summed E-state index contributed by atoms with van der Waals surface area (Å²) in [6.45, 7) is 1.80. The molecule has 9 heteroatoms. The second-order valence-corrected chi connectivity index (χ2v) is 6.01. The van der Waals surface area contributed by atoms with Crippen molar-refractivity contribution in [1.29, 1.82) is 0 Å². The van der Waals surface area contributed by atoms with Gasteiger partial charge in [0.1, 0.15) is 24.1 Å². The molecular formula is C19H14FN5O3. The minimum Gasteiger partial charge on any atom is -0.364 e. The number of aromatic nitrogens is 4. The molecular weight excluding hydrogens is 365 g/mol. The number of anilines is 1. The monoisotopic (exact) mass is 379 g/mol. The third kappa shape index (κ3) is 3.50. The molecule has 0 fully saturated rings. The quantitative estimate of drug-likeness (QED) is 0.566. The Balaban J connectivity index is 1.70. The predicted octanol–water partition coefficient (Wildman–Crippen LogP) is 3.42. The summed E-state index contributed by atoms with van der Waals surface area (Å²) >= 11 is 0. The zero-order valence-corrected chi connectivity index (χ0v) is 14.7. The minimum atomic E-state index is -0.368. The van der Waals surface area contributed by atoms with Gasteiger partial charge in [-0.25, -0.2) is 14.4 Å². The maximum Gasteiger partial charge on any atom is 0.241 e. The third-order valence-corrected chi connectivity index (χ3v) is 4.08. The lowest BCUT2D eigenvalue weighted by Crippen LogP contribution is -2.15. The van der Waals surface area contributed by atoms with Crippen LogP contribution >= 0.6 is 0 Å². The Morgan fingerprint density at radius 3 is 2.68 bits per heavy atom. The van der Waals surface area contributed by atoms with Crippen molar-refractivity contribution < 1.29 is 18.2 Å². The van der Waals surface area contributed by atoms with E-state index in [0.29, 0.717) is 28.2 Å². The lowest BCUT2D eigenvalue weighted by atomic mass is 10.0. The maximum atomic E-state index is 13.3. The number of aryl methyl sites for hydroxylation is 1. The van der Waals surface area contributed by atoms with Crippen molar-refractivity contribution in [3.05, 3.63) is 66.2 Å². The molecule has 140 valence electrons. The number of carbonyl (C=O) groups excluding carboxylic acids is 1. The van der Waals surface area contributed by atoms with Crippen LogP contribution in [0.2, 0.25) is 0 Å². The van der Waals surface area contributed by atoms with E-state index in [9.17, 15) is 9.18 Å². The minimum absolute atomic E-state index is 0.0120. The van der Waals surface area contributed by atoms with Crippen LogP contribution in [-0.2, 0) is 11.2 Å². The topological polar surface area (TPSA) is 107 Å². The van der Waals surface area contributed by atoms with E-state index >= 15 is 0 Å². The van der Waals surface area contributed by atoms with E-state index in [1.165, 1.54) is 24.7 Å². The van der Waals surface area contributed by atoms with Crippen LogP contribution in [0.25, 0.3) is 22.5 Å². The van der Waals surface area contributed by atoms with Crippen LogP contribution in [0.1, 0.15) is 11.3 Å². The second-order valence-electron chi connectivity index (χ2n) is 6.01. The van der Waals surface area contributed by atoms with Gasteiger partial charge in [-0.15, -0.1) is 0 Å². The summed E-state index contributed by atoms with van der Waals surface area (Å²) in [6, 6.07) is 7.44. The molecule has 3 heterocycles. The van der Waals surface area contributed by atoms with Crippen molar-refractivity contribution in [2.24, 2.45) is 0 Å². The van der Waals surface area contributed by atoms with Crippen molar-refractivity contribution in [2.75, 3.05) is 5.32 Å². The van der Waals surface area contributed by atoms with Gasteiger partial charge in [0.25, 0.3) is 0 Å². The summed E-state index contributed by atoms with van der Waals surface area (Å²) < 4.78 is 23.5. The Morgan fingerprint density at radius 1 is 1.18 bits per heavy atom. The highest BCUT2D eigenvalue weighted by Gasteiger charge is 2.22. The van der Waals surface area contributed by atoms with Gasteiger partial charge in [0.05, 0.1) is 23.4 Å². The highest BCUT2D eigenvalue weighted by atomic mass is 19.1. The molecule has 0 saturated heterocycles. The van der Waals surface area contributed by atoms with Crippen molar-refractivity contribution in [3.8, 4) is 22.5 Å². The first-order valence-electron chi connectivity index (χ1n) is 8.33. The number of rotatable bonds is 5. The first kappa shape index (κ1) is 17.5. The SMILES string of the molecule is Cc1conc1CC(=O)Nc1onc(-c2ccc(F)cc2)c1-c1ccncn1. The van der Waals surface area contributed by atoms with Gasteiger partial charge in [0.15, 0.2) is 0 Å². The van der Waals surface area contributed by atoms with Gasteiger partial charge in [0, 0.05) is 17.3 Å². The molecule has 0 aliphatic rings. The first-order valence-corrected chi connectivity index (χ1v) is 8.33. The van der Waals surface area contributed by atoms with Gasteiger partial charge in [0.2, 0.25) is 11.8 Å². The van der Waals surface area contributed by atoms with E-state index < -0.39 is 0 Å². The fourth-order valence-electron chi connectivity index (χ4n) is 2.66. The summed E-state index contributed by atoms with van der Waals surface area (Å²) in [6.07, 6.45) is 4.42. The van der Waals surface area contributed by atoms with Crippen molar-refractivity contribution in [1.82, 2.24) is 20.3 Å². The van der Waals surface area contributed by atoms with Crippen LogP contribution < -0.4 is 5.32 Å². The molecule has 1 aromatic carbocycles. The van der Waals surface area contributed by atoms with Gasteiger partial charge < -0.3 is 9.05 Å². The molecule has 0 bridgehead atoms. The summed E-state index contributed by atoms with van der Waals surface area (Å²) in [5, 5.41) is 10.5. The highest BCUT2D eigenvalue weighted by molar-refractivity contribution is 5.97. The van der Waals surface area contributed by atoms with Crippen LogP contribution in [0.4, 0.5) is 10.3 Å². The molecule has 1 N–H and O–H groups in total. The Labute approximate surface area is 158 Å². The molecule has 0 saturated carbocycles. The van der Waals surface area contributed by atoms with Gasteiger partial charge in [-0.05, 0) is 37.3 Å². The number of halogens is 1. The van der Waals surface area contributed by atoms with Gasteiger partial charge in [-0.3, -0.25) is 10.1 Å². The molecule has 0 atom stereocenters. The largest absolute Gasteiger partial charge is 0.364 e. The third-order valence-electron chi connectivity index (χ3n) is 4.08. The molecule has 4 aromatic rings. The fraction of sp³-hybridized carbons (Fsp3) is 0.105. The zero-order valence-electron chi connectivity index (χ0n) is 14.7. The number of carbonyl (C=O) groups is 1. The van der Waals surface area contributed by atoms with Crippen LogP contribution in [0.5, 0.6) is 0 Å². The number of hydrogen-bond donors (Lipinski definition) is 1. The number of nitrogens with zero attached hydrogens (tertiary/aromatic N) is 4. The molecule has 8 nitrogen and oxygen atoms in total. The summed E-state index contributed by atoms with van der Waals surface area (Å²) in [5.41, 5.74) is 3.32. The molecule has 28 heavy (non-hydrogen) atoms. The molecule has 1 amide bonds. The van der Waals surface area contributed by atoms with Crippen molar-refractivity contribution in [3.63, 3.8) is 0 Å². The van der Waals surface area contributed by atoms with E-state index in [1.54, 1.807) is 31.3 Å². The second kappa shape index (κ2) is 7.39. The lowest BCUT2D eigenvalue weighted by Gasteiger charge is -2.05. The maximum absolute atomic E-state index is 13.3. The van der Waals surface area contributed by atoms with Crippen LogP contribution in [0.15, 0.2) is 58.2 Å². The Morgan fingerprint density at radius 2 is 2.00 bits per heavy atom. The van der Waals surface area contributed by atoms with E-state index in [4.69, 9.17) is 9.05 Å². The number of amides is 1. The predicted molar refractivity (Wildman–Crippen MR) is 96.5 cm³/mol. The van der Waals surface area contributed by atoms with Crippen molar-refractivity contribution in [2.45, 2.75) is 13.3 Å². The van der Waals surface area contributed by atoms with Gasteiger partial charge >= 0.3 is 0 Å². The number of hydrogen-bond acceptors (Lipinski definition) is 7. The molecule has 0 unspecified atom stereocenters. The Kier molecular flexibility index (Phi) is 4.63. The normalized spacial score (nSPS) is 10.8. The van der Waals surface area contributed by atoms with Gasteiger partial charge in [-0.2, -0.15) is 0 Å². The smallest absolute Gasteiger partial charge is 0.241 e. The molecule has 3 aromatic heterocycles. The summed E-state index contributed by atoms with van der Waals surface area (Å²) in [4.78, 5) is 20.6. The molecule has 0 spiro atoms. The fourth-order valence-corrected chi connectivity index (χ4v) is 2.66. The van der Waals surface area contributed by atoms with Gasteiger partial charge in [-0.1, -0.05) is 10.3 Å². The van der Waals surface area contributed by atoms with Crippen molar-refractivity contribution >= 4 is 11.8 Å². The summed E-state index contributed by atoms with van der Waals surface area (Å²) in [5.74, 6) is -0.592.